The molecule has 48 valence electrons. The van der Waals surface area contributed by atoms with Gasteiger partial charge in [0.1, 0.15) is 0 Å². The van der Waals surface area contributed by atoms with Crippen molar-refractivity contribution in [3.05, 3.63) is 35.4 Å². The maximum atomic E-state index is 5.85. The summed E-state index contributed by atoms with van der Waals surface area (Å²) < 4.78 is 0. The zero-order valence-electron chi connectivity index (χ0n) is 5.88. The Bertz CT molecular complexity index is 242. The number of aryl methyl sites for hydroxylation is 1. The van der Waals surface area contributed by atoms with Gasteiger partial charge in [0, 0.05) is 0 Å². The molecule has 1 aliphatic carbocycles. The van der Waals surface area contributed by atoms with Crippen LogP contribution in [0.1, 0.15) is 23.4 Å². The van der Waals surface area contributed by atoms with Crippen molar-refractivity contribution in [2.75, 3.05) is 0 Å². The fourth-order valence-corrected chi connectivity index (χ4v) is 1.59. The van der Waals surface area contributed by atoms with Crippen LogP contribution in [0.25, 0.3) is 0 Å². The first-order valence-electron chi connectivity index (χ1n) is 3.71. The molecular formula is C9H9B. The lowest BCUT2D eigenvalue weighted by Crippen LogP contribution is -1.89. The Balaban J connectivity index is 2.51. The summed E-state index contributed by atoms with van der Waals surface area (Å²) in [4.78, 5) is 0. The lowest BCUT2D eigenvalue weighted by Gasteiger charge is -2.01. The third kappa shape index (κ3) is 0.774. The van der Waals surface area contributed by atoms with Gasteiger partial charge in [-0.1, -0.05) is 42.1 Å². The first kappa shape index (κ1) is 6.02. The van der Waals surface area contributed by atoms with Gasteiger partial charge in [-0.05, 0) is 12.0 Å². The zero-order chi connectivity index (χ0) is 6.97. The maximum absolute atomic E-state index is 5.85. The SMILES string of the molecule is [B]C1CCc2ccccc21. The molecule has 0 saturated heterocycles. The topological polar surface area (TPSA) is 0 Å². The largest absolute Gasteiger partial charge is 0.0763 e. The van der Waals surface area contributed by atoms with E-state index in [4.69, 9.17) is 7.85 Å². The number of rotatable bonds is 0. The standard InChI is InChI=1S/C9H9B/c10-9-6-5-7-3-1-2-4-8(7)9/h1-4,9H,5-6H2. The van der Waals surface area contributed by atoms with Crippen molar-refractivity contribution in [1.82, 2.24) is 0 Å². The minimum absolute atomic E-state index is 0.302. The molecule has 0 amide bonds. The molecule has 0 N–H and O–H groups in total. The molecule has 0 fully saturated rings. The van der Waals surface area contributed by atoms with Crippen LogP contribution in [0.2, 0.25) is 0 Å². The van der Waals surface area contributed by atoms with Crippen molar-refractivity contribution >= 4 is 7.85 Å². The summed E-state index contributed by atoms with van der Waals surface area (Å²) in [6.07, 6.45) is 2.29. The highest BCUT2D eigenvalue weighted by Gasteiger charge is 2.15. The molecular weight excluding hydrogens is 119 g/mol. The van der Waals surface area contributed by atoms with Crippen molar-refractivity contribution in [1.29, 1.82) is 0 Å². The van der Waals surface area contributed by atoms with Crippen LogP contribution in [0, 0.1) is 0 Å². The van der Waals surface area contributed by atoms with Crippen LogP contribution in [0.3, 0.4) is 0 Å². The molecule has 2 rings (SSSR count). The zero-order valence-corrected chi connectivity index (χ0v) is 5.88. The van der Waals surface area contributed by atoms with E-state index in [0.29, 0.717) is 5.82 Å². The van der Waals surface area contributed by atoms with Crippen LogP contribution in [-0.2, 0) is 6.42 Å². The van der Waals surface area contributed by atoms with Crippen LogP contribution < -0.4 is 0 Å². The molecule has 1 atom stereocenters. The average Bonchev–Trinajstić information content (AvgIpc) is 2.34. The summed E-state index contributed by atoms with van der Waals surface area (Å²) in [5.74, 6) is 0.302. The Labute approximate surface area is 62.7 Å². The molecule has 0 saturated carbocycles. The fourth-order valence-electron chi connectivity index (χ4n) is 1.59. The van der Waals surface area contributed by atoms with Gasteiger partial charge >= 0.3 is 0 Å². The van der Waals surface area contributed by atoms with Gasteiger partial charge in [0.15, 0.2) is 0 Å². The van der Waals surface area contributed by atoms with Gasteiger partial charge in [-0.2, -0.15) is 0 Å². The molecule has 0 nitrogen and oxygen atoms in total. The predicted molar refractivity (Wildman–Crippen MR) is 43.3 cm³/mol. The molecule has 0 aromatic heterocycles. The molecule has 0 spiro atoms. The molecule has 10 heavy (non-hydrogen) atoms. The van der Waals surface area contributed by atoms with E-state index in [2.05, 4.69) is 24.3 Å². The van der Waals surface area contributed by atoms with E-state index in [0.717, 1.165) is 12.8 Å². The van der Waals surface area contributed by atoms with Gasteiger partial charge in [-0.25, -0.2) is 0 Å². The summed E-state index contributed by atoms with van der Waals surface area (Å²) in [5.41, 5.74) is 2.79. The second-order valence-electron chi connectivity index (χ2n) is 2.84. The lowest BCUT2D eigenvalue weighted by atomic mass is 9.83. The second kappa shape index (κ2) is 2.15. The maximum Gasteiger partial charge on any atom is 0.0763 e. The van der Waals surface area contributed by atoms with E-state index in [1.807, 2.05) is 0 Å². The van der Waals surface area contributed by atoms with Gasteiger partial charge < -0.3 is 0 Å². The van der Waals surface area contributed by atoms with Gasteiger partial charge in [0.2, 0.25) is 0 Å². The third-order valence-electron chi connectivity index (χ3n) is 2.18. The number of benzene rings is 1. The summed E-state index contributed by atoms with van der Waals surface area (Å²) >= 11 is 0. The van der Waals surface area contributed by atoms with Gasteiger partial charge in [-0.3, -0.25) is 0 Å². The van der Waals surface area contributed by atoms with Gasteiger partial charge in [-0.15, -0.1) is 0 Å². The Morgan fingerprint density at radius 2 is 2.10 bits per heavy atom. The Hall–Kier alpha value is -0.715. The molecule has 1 aliphatic rings. The van der Waals surface area contributed by atoms with E-state index in [1.54, 1.807) is 0 Å². The average molecular weight is 128 g/mol. The van der Waals surface area contributed by atoms with Crippen LogP contribution in [0.5, 0.6) is 0 Å². The summed E-state index contributed by atoms with van der Waals surface area (Å²) in [6.45, 7) is 0. The highest BCUT2D eigenvalue weighted by atomic mass is 14.2. The Kier molecular flexibility index (Phi) is 1.30. The molecule has 0 bridgehead atoms. The second-order valence-corrected chi connectivity index (χ2v) is 2.84. The Morgan fingerprint density at radius 3 is 2.90 bits per heavy atom. The van der Waals surface area contributed by atoms with E-state index in [1.165, 1.54) is 11.1 Å². The van der Waals surface area contributed by atoms with E-state index in [9.17, 15) is 0 Å². The van der Waals surface area contributed by atoms with E-state index in [-0.39, 0.29) is 0 Å². The summed E-state index contributed by atoms with van der Waals surface area (Å²) in [5, 5.41) is 0. The van der Waals surface area contributed by atoms with E-state index < -0.39 is 0 Å². The molecule has 1 aromatic carbocycles. The number of hydrogen-bond acceptors (Lipinski definition) is 0. The minimum Gasteiger partial charge on any atom is -0.0620 e. The van der Waals surface area contributed by atoms with Gasteiger partial charge in [0.25, 0.3) is 0 Å². The van der Waals surface area contributed by atoms with Crippen molar-refractivity contribution in [3.8, 4) is 0 Å². The van der Waals surface area contributed by atoms with Crippen molar-refractivity contribution in [2.45, 2.75) is 18.7 Å². The highest BCUT2D eigenvalue weighted by Crippen LogP contribution is 2.29. The van der Waals surface area contributed by atoms with E-state index >= 15 is 0 Å². The fraction of sp³-hybridized carbons (Fsp3) is 0.333. The van der Waals surface area contributed by atoms with Crippen molar-refractivity contribution in [2.24, 2.45) is 0 Å². The van der Waals surface area contributed by atoms with Crippen molar-refractivity contribution < 1.29 is 0 Å². The lowest BCUT2D eigenvalue weighted by molar-refractivity contribution is 0.880. The third-order valence-corrected chi connectivity index (χ3v) is 2.18. The normalized spacial score (nSPS) is 22.6. The molecule has 2 radical (unpaired) electrons. The first-order chi connectivity index (χ1) is 4.88. The highest BCUT2D eigenvalue weighted by molar-refractivity contribution is 6.12. The van der Waals surface area contributed by atoms with Gasteiger partial charge in [0.05, 0.1) is 7.85 Å². The molecule has 0 aliphatic heterocycles. The molecule has 0 heterocycles. The predicted octanol–water partition coefficient (Wildman–Crippen LogP) is 1.84. The van der Waals surface area contributed by atoms with Crippen molar-refractivity contribution in [3.63, 3.8) is 0 Å². The minimum atomic E-state index is 0.302. The molecule has 1 unspecified atom stereocenters. The number of hydrogen-bond donors (Lipinski definition) is 0. The summed E-state index contributed by atoms with van der Waals surface area (Å²) in [7, 11) is 5.85. The van der Waals surface area contributed by atoms with Crippen LogP contribution in [0.15, 0.2) is 24.3 Å². The smallest absolute Gasteiger partial charge is 0.0620 e. The van der Waals surface area contributed by atoms with Crippen LogP contribution in [0.4, 0.5) is 0 Å². The summed E-state index contributed by atoms with van der Waals surface area (Å²) in [6, 6.07) is 8.44. The van der Waals surface area contributed by atoms with Crippen LogP contribution >= 0.6 is 0 Å². The molecule has 1 aromatic rings. The quantitative estimate of drug-likeness (QED) is 0.467. The first-order valence-corrected chi connectivity index (χ1v) is 3.71. The van der Waals surface area contributed by atoms with Crippen LogP contribution in [-0.4, -0.2) is 7.85 Å². The monoisotopic (exact) mass is 128 g/mol. The Morgan fingerprint density at radius 1 is 1.30 bits per heavy atom. The number of fused-ring (bicyclic) bond motifs is 1. The molecule has 1 heteroatoms.